The Bertz CT molecular complexity index is 211. The first kappa shape index (κ1) is 9.31. The van der Waals surface area contributed by atoms with Gasteiger partial charge in [-0.15, -0.1) is 0 Å². The molecule has 1 aromatic rings. The van der Waals surface area contributed by atoms with E-state index >= 15 is 0 Å². The first-order valence-corrected chi connectivity index (χ1v) is 4.75. The molecule has 0 heterocycles. The summed E-state index contributed by atoms with van der Waals surface area (Å²) in [5.74, 6) is 1.49. The quantitative estimate of drug-likeness (QED) is 0.633. The molecule has 0 aliphatic rings. The summed E-state index contributed by atoms with van der Waals surface area (Å²) in [6.07, 6.45) is 1.28. The fourth-order valence-electron chi connectivity index (χ4n) is 1.62. The van der Waals surface area contributed by atoms with Crippen LogP contribution in [0, 0.1) is 5.92 Å². The molecule has 0 spiro atoms. The van der Waals surface area contributed by atoms with Gasteiger partial charge in [0.1, 0.15) is 0 Å². The van der Waals surface area contributed by atoms with Crippen molar-refractivity contribution in [2.75, 3.05) is 0 Å². The molecule has 0 N–H and O–H groups in total. The zero-order valence-electron chi connectivity index (χ0n) is 8.25. The fourth-order valence-corrected chi connectivity index (χ4v) is 1.62. The topological polar surface area (TPSA) is 0 Å². The Morgan fingerprint density at radius 3 is 2.08 bits per heavy atom. The van der Waals surface area contributed by atoms with Gasteiger partial charge in [-0.2, -0.15) is 0 Å². The van der Waals surface area contributed by atoms with Crippen molar-refractivity contribution >= 4 is 0 Å². The molecule has 1 aromatic carbocycles. The maximum absolute atomic E-state index is 2.30. The first-order valence-electron chi connectivity index (χ1n) is 4.75. The van der Waals surface area contributed by atoms with Crippen molar-refractivity contribution in [3.63, 3.8) is 0 Å². The Morgan fingerprint density at radius 1 is 1.00 bits per heavy atom. The Morgan fingerprint density at radius 2 is 1.58 bits per heavy atom. The van der Waals surface area contributed by atoms with Crippen LogP contribution in [0.15, 0.2) is 30.3 Å². The zero-order valence-corrected chi connectivity index (χ0v) is 8.25. The summed E-state index contributed by atoms with van der Waals surface area (Å²) >= 11 is 0. The van der Waals surface area contributed by atoms with Crippen LogP contribution in [0.25, 0.3) is 0 Å². The van der Waals surface area contributed by atoms with Gasteiger partial charge in [-0.1, -0.05) is 51.1 Å². The van der Waals surface area contributed by atoms with Crippen molar-refractivity contribution in [3.8, 4) is 0 Å². The lowest BCUT2D eigenvalue weighted by Crippen LogP contribution is -1.97. The van der Waals surface area contributed by atoms with Crippen LogP contribution in [0.3, 0.4) is 0 Å². The third kappa shape index (κ3) is 2.69. The van der Waals surface area contributed by atoms with Crippen LogP contribution in [0.4, 0.5) is 0 Å². The Balaban J connectivity index is 2.59. The molecule has 12 heavy (non-hydrogen) atoms. The average molecular weight is 162 g/mol. The van der Waals surface area contributed by atoms with Crippen LogP contribution in [0.2, 0.25) is 0 Å². The van der Waals surface area contributed by atoms with E-state index in [2.05, 4.69) is 51.1 Å². The van der Waals surface area contributed by atoms with Crippen molar-refractivity contribution in [2.24, 2.45) is 5.92 Å². The molecule has 0 aromatic heterocycles. The van der Waals surface area contributed by atoms with Crippen molar-refractivity contribution in [1.29, 1.82) is 0 Å². The van der Waals surface area contributed by atoms with Gasteiger partial charge in [-0.25, -0.2) is 0 Å². The lowest BCUT2D eigenvalue weighted by molar-refractivity contribution is 0.524. The van der Waals surface area contributed by atoms with E-state index in [0.29, 0.717) is 5.92 Å². The highest BCUT2D eigenvalue weighted by Crippen LogP contribution is 2.22. The molecule has 1 rings (SSSR count). The minimum atomic E-state index is 0.700. The fraction of sp³-hybridized carbons (Fsp3) is 0.500. The summed E-state index contributed by atoms with van der Waals surface area (Å²) < 4.78 is 0. The second kappa shape index (κ2) is 4.30. The summed E-state index contributed by atoms with van der Waals surface area (Å²) in [4.78, 5) is 0. The van der Waals surface area contributed by atoms with E-state index in [-0.39, 0.29) is 0 Å². The summed E-state index contributed by atoms with van der Waals surface area (Å²) in [5.41, 5.74) is 1.46. The normalized spacial score (nSPS) is 13.3. The zero-order chi connectivity index (χ0) is 8.97. The van der Waals surface area contributed by atoms with Crippen molar-refractivity contribution in [1.82, 2.24) is 0 Å². The molecule has 0 bridgehead atoms. The van der Waals surface area contributed by atoms with Crippen LogP contribution < -0.4 is 0 Å². The smallest absolute Gasteiger partial charge is 0.0188 e. The van der Waals surface area contributed by atoms with E-state index in [0.717, 1.165) is 5.92 Å². The van der Waals surface area contributed by atoms with E-state index in [4.69, 9.17) is 0 Å². The largest absolute Gasteiger partial charge is 0.0628 e. The number of benzene rings is 1. The highest BCUT2D eigenvalue weighted by molar-refractivity contribution is 5.18. The number of hydrogen-bond acceptors (Lipinski definition) is 0. The summed E-state index contributed by atoms with van der Waals surface area (Å²) in [7, 11) is 0. The molecule has 0 aliphatic heterocycles. The Hall–Kier alpha value is -0.780. The van der Waals surface area contributed by atoms with Gasteiger partial charge >= 0.3 is 0 Å². The van der Waals surface area contributed by atoms with E-state index in [9.17, 15) is 0 Å². The van der Waals surface area contributed by atoms with E-state index in [1.165, 1.54) is 12.0 Å². The second-order valence-corrected chi connectivity index (χ2v) is 3.94. The Kier molecular flexibility index (Phi) is 3.33. The monoisotopic (exact) mass is 162 g/mol. The van der Waals surface area contributed by atoms with Gasteiger partial charge in [0.25, 0.3) is 0 Å². The number of hydrogen-bond donors (Lipinski definition) is 0. The van der Waals surface area contributed by atoms with E-state index in [1.807, 2.05) is 0 Å². The minimum Gasteiger partial charge on any atom is -0.0628 e. The first-order chi connectivity index (χ1) is 5.70. The molecule has 0 radical (unpaired) electrons. The lowest BCUT2D eigenvalue weighted by Gasteiger charge is -2.13. The molecule has 0 aliphatic carbocycles. The number of rotatable bonds is 3. The maximum atomic E-state index is 2.30. The lowest BCUT2D eigenvalue weighted by atomic mass is 9.92. The predicted octanol–water partition coefficient (Wildman–Crippen LogP) is 3.84. The van der Waals surface area contributed by atoms with Crippen LogP contribution >= 0.6 is 0 Å². The third-order valence-electron chi connectivity index (χ3n) is 2.19. The van der Waals surface area contributed by atoms with Crippen molar-refractivity contribution < 1.29 is 0 Å². The molecule has 66 valence electrons. The van der Waals surface area contributed by atoms with Crippen LogP contribution in [0.1, 0.15) is 38.7 Å². The Labute approximate surface area is 75.6 Å². The van der Waals surface area contributed by atoms with Gasteiger partial charge in [0.2, 0.25) is 0 Å². The maximum Gasteiger partial charge on any atom is -0.0188 e. The molecule has 1 atom stereocenters. The highest BCUT2D eigenvalue weighted by Gasteiger charge is 2.06. The van der Waals surface area contributed by atoms with Gasteiger partial charge in [-0.05, 0) is 23.8 Å². The van der Waals surface area contributed by atoms with Crippen LogP contribution in [-0.2, 0) is 0 Å². The molecule has 0 fully saturated rings. The van der Waals surface area contributed by atoms with E-state index < -0.39 is 0 Å². The van der Waals surface area contributed by atoms with Gasteiger partial charge in [0, 0.05) is 0 Å². The molecule has 0 saturated carbocycles. The SMILES string of the molecule is CC(C)C[C@H](C)c1ccccc1. The molecular weight excluding hydrogens is 144 g/mol. The summed E-state index contributed by atoms with van der Waals surface area (Å²) in [5, 5.41) is 0. The van der Waals surface area contributed by atoms with Gasteiger partial charge in [0.15, 0.2) is 0 Å². The van der Waals surface area contributed by atoms with Gasteiger partial charge < -0.3 is 0 Å². The molecule has 0 unspecified atom stereocenters. The molecule has 0 nitrogen and oxygen atoms in total. The van der Waals surface area contributed by atoms with Gasteiger partial charge in [0.05, 0.1) is 0 Å². The predicted molar refractivity (Wildman–Crippen MR) is 54.3 cm³/mol. The standard InChI is InChI=1S/C12H18/c1-10(2)9-11(3)12-7-5-4-6-8-12/h4-8,10-11H,9H2,1-3H3/t11-/m0/s1. The molecule has 0 amide bonds. The molecular formula is C12H18. The molecule has 0 heteroatoms. The highest BCUT2D eigenvalue weighted by atomic mass is 14.1. The van der Waals surface area contributed by atoms with Gasteiger partial charge in [-0.3, -0.25) is 0 Å². The molecule has 0 saturated heterocycles. The van der Waals surface area contributed by atoms with Crippen molar-refractivity contribution in [3.05, 3.63) is 35.9 Å². The summed E-state index contributed by atoms with van der Waals surface area (Å²) in [6.45, 7) is 6.86. The summed E-state index contributed by atoms with van der Waals surface area (Å²) in [6, 6.07) is 10.7. The minimum absolute atomic E-state index is 0.700. The second-order valence-electron chi connectivity index (χ2n) is 3.94. The van der Waals surface area contributed by atoms with E-state index in [1.54, 1.807) is 0 Å². The van der Waals surface area contributed by atoms with Crippen molar-refractivity contribution in [2.45, 2.75) is 33.1 Å². The average Bonchev–Trinajstić information content (AvgIpc) is 2.05. The third-order valence-corrected chi connectivity index (χ3v) is 2.19. The van der Waals surface area contributed by atoms with Crippen LogP contribution in [-0.4, -0.2) is 0 Å². The van der Waals surface area contributed by atoms with Crippen LogP contribution in [0.5, 0.6) is 0 Å².